The molecule has 0 atom stereocenters. The lowest BCUT2D eigenvalue weighted by atomic mass is 10.1. The zero-order valence-electron chi connectivity index (χ0n) is 22.3. The molecule has 1 aliphatic heterocycles. The van der Waals surface area contributed by atoms with E-state index in [0.29, 0.717) is 53.1 Å². The summed E-state index contributed by atoms with van der Waals surface area (Å²) in [6.45, 7) is 1.71. The first-order valence-electron chi connectivity index (χ1n) is 13.7. The summed E-state index contributed by atoms with van der Waals surface area (Å²) in [6, 6.07) is 17.4. The summed E-state index contributed by atoms with van der Waals surface area (Å²) >= 11 is 7.38. The van der Waals surface area contributed by atoms with Crippen molar-refractivity contribution in [2.75, 3.05) is 36.4 Å². The number of amides is 2. The number of aromatic nitrogens is 2. The number of para-hydroxylation sites is 1. The molecule has 0 unspecified atom stereocenters. The van der Waals surface area contributed by atoms with E-state index in [-0.39, 0.29) is 22.9 Å². The monoisotopic (exact) mass is 601 g/mol. The summed E-state index contributed by atoms with van der Waals surface area (Å²) in [5, 5.41) is 3.81. The van der Waals surface area contributed by atoms with Crippen molar-refractivity contribution >= 4 is 66.7 Å². The highest BCUT2D eigenvalue weighted by Gasteiger charge is 2.29. The van der Waals surface area contributed by atoms with Crippen LogP contribution in [0.2, 0.25) is 5.02 Å². The minimum atomic E-state index is -0.569. The van der Waals surface area contributed by atoms with Crippen LogP contribution in [0.3, 0.4) is 0 Å². The average molecular weight is 602 g/mol. The van der Waals surface area contributed by atoms with Crippen LogP contribution in [0, 0.1) is 5.82 Å². The van der Waals surface area contributed by atoms with E-state index in [0.717, 1.165) is 23.1 Å². The molecule has 2 fully saturated rings. The van der Waals surface area contributed by atoms with Crippen molar-refractivity contribution in [3.05, 3.63) is 99.1 Å². The number of hydrogen-bond acceptors (Lipinski definition) is 6. The summed E-state index contributed by atoms with van der Waals surface area (Å²) in [4.78, 5) is 47.8. The van der Waals surface area contributed by atoms with E-state index >= 15 is 4.39 Å². The lowest BCUT2D eigenvalue weighted by Gasteiger charge is -2.36. The van der Waals surface area contributed by atoms with Gasteiger partial charge in [0.15, 0.2) is 5.13 Å². The van der Waals surface area contributed by atoms with Crippen LogP contribution in [-0.4, -0.2) is 52.4 Å². The topological polar surface area (TPSA) is 87.5 Å². The number of rotatable bonds is 5. The summed E-state index contributed by atoms with van der Waals surface area (Å²) in [6.07, 6.45) is 3.41. The standard InChI is InChI=1S/C31H25ClFN5O3S/c32-19-5-3-4-18(14-19)30(41)37-12-10-36(11-13-37)26-16-25-21(15-23(26)33)28(39)22(17-38(25)20-8-9-20)29(40)35-31-34-24-6-1-2-7-27(24)42-31/h1-7,14-17,20H,8-13H2,(H,34,35,40). The number of halogens is 2. The maximum atomic E-state index is 15.6. The zero-order chi connectivity index (χ0) is 29.0. The fourth-order valence-corrected chi connectivity index (χ4v) is 6.51. The number of anilines is 2. The van der Waals surface area contributed by atoms with Gasteiger partial charge in [-0.15, -0.1) is 0 Å². The van der Waals surface area contributed by atoms with Crippen molar-refractivity contribution in [3.8, 4) is 0 Å². The summed E-state index contributed by atoms with van der Waals surface area (Å²) in [5.41, 5.74) is 1.67. The molecular weight excluding hydrogens is 577 g/mol. The number of nitrogens with one attached hydrogen (secondary N) is 1. The zero-order valence-corrected chi connectivity index (χ0v) is 23.9. The number of pyridine rings is 1. The third kappa shape index (κ3) is 4.90. The van der Waals surface area contributed by atoms with Gasteiger partial charge < -0.3 is 14.4 Å². The Bertz CT molecular complexity index is 1910. The Morgan fingerprint density at radius 1 is 1.00 bits per heavy atom. The van der Waals surface area contributed by atoms with E-state index < -0.39 is 17.2 Å². The molecule has 0 radical (unpaired) electrons. The van der Waals surface area contributed by atoms with E-state index in [1.807, 2.05) is 33.7 Å². The highest BCUT2D eigenvalue weighted by Crippen LogP contribution is 2.38. The molecule has 1 N–H and O–H groups in total. The van der Waals surface area contributed by atoms with E-state index in [9.17, 15) is 14.4 Å². The summed E-state index contributed by atoms with van der Waals surface area (Å²) in [5.74, 6) is -1.23. The van der Waals surface area contributed by atoms with E-state index in [1.165, 1.54) is 17.4 Å². The van der Waals surface area contributed by atoms with Gasteiger partial charge in [0.25, 0.3) is 11.8 Å². The van der Waals surface area contributed by atoms with Gasteiger partial charge in [-0.05, 0) is 55.3 Å². The van der Waals surface area contributed by atoms with Gasteiger partial charge >= 0.3 is 0 Å². The molecule has 2 aliphatic rings. The molecule has 0 bridgehead atoms. The minimum Gasteiger partial charge on any atom is -0.366 e. The minimum absolute atomic E-state index is 0.0473. The molecule has 1 saturated heterocycles. The van der Waals surface area contributed by atoms with Crippen molar-refractivity contribution in [3.63, 3.8) is 0 Å². The highest BCUT2D eigenvalue weighted by atomic mass is 35.5. The number of carbonyl (C=O) groups excluding carboxylic acids is 2. The molecule has 2 amide bonds. The second-order valence-electron chi connectivity index (χ2n) is 10.6. The van der Waals surface area contributed by atoms with Gasteiger partial charge in [0, 0.05) is 54.4 Å². The number of nitrogens with zero attached hydrogens (tertiary/aromatic N) is 4. The number of fused-ring (bicyclic) bond motifs is 2. The molecule has 1 aliphatic carbocycles. The smallest absolute Gasteiger partial charge is 0.262 e. The number of benzene rings is 3. The Labute approximate surface area is 248 Å². The SMILES string of the molecule is O=C(Nc1nc2ccccc2s1)c1cn(C2CC2)c2cc(N3CCN(C(=O)c4cccc(Cl)c4)CC3)c(F)cc2c1=O. The van der Waals surface area contributed by atoms with Crippen LogP contribution in [0.5, 0.6) is 0 Å². The lowest BCUT2D eigenvalue weighted by Crippen LogP contribution is -2.49. The number of carbonyl (C=O) groups is 2. The highest BCUT2D eigenvalue weighted by molar-refractivity contribution is 7.22. The fourth-order valence-electron chi connectivity index (χ4n) is 5.46. The molecule has 7 rings (SSSR count). The van der Waals surface area contributed by atoms with Crippen molar-refractivity contribution in [1.29, 1.82) is 0 Å². The number of thiazole rings is 1. The molecular formula is C31H25ClFN5O3S. The Morgan fingerprint density at radius 3 is 2.52 bits per heavy atom. The Kier molecular flexibility index (Phi) is 6.67. The number of hydrogen-bond donors (Lipinski definition) is 1. The summed E-state index contributed by atoms with van der Waals surface area (Å²) < 4.78 is 18.4. The first-order chi connectivity index (χ1) is 20.4. The molecule has 212 valence electrons. The average Bonchev–Trinajstić information content (AvgIpc) is 3.76. The van der Waals surface area contributed by atoms with Gasteiger partial charge in [-0.1, -0.05) is 41.1 Å². The van der Waals surface area contributed by atoms with Gasteiger partial charge in [0.05, 0.1) is 21.4 Å². The van der Waals surface area contributed by atoms with Crippen LogP contribution in [0.25, 0.3) is 21.1 Å². The predicted molar refractivity (Wildman–Crippen MR) is 164 cm³/mol. The molecule has 3 heterocycles. The Balaban J connectivity index is 1.17. The molecule has 42 heavy (non-hydrogen) atoms. The summed E-state index contributed by atoms with van der Waals surface area (Å²) in [7, 11) is 0. The van der Waals surface area contributed by atoms with Crippen LogP contribution >= 0.6 is 22.9 Å². The van der Waals surface area contributed by atoms with Crippen LogP contribution in [0.1, 0.15) is 39.6 Å². The first-order valence-corrected chi connectivity index (χ1v) is 14.9. The fraction of sp³-hybridized carbons (Fsp3) is 0.226. The van der Waals surface area contributed by atoms with Crippen molar-refractivity contribution in [2.45, 2.75) is 18.9 Å². The van der Waals surface area contributed by atoms with E-state index in [2.05, 4.69) is 10.3 Å². The number of piperazine rings is 1. The van der Waals surface area contributed by atoms with Crippen LogP contribution in [0.4, 0.5) is 15.2 Å². The quantitative estimate of drug-likeness (QED) is 0.269. The largest absolute Gasteiger partial charge is 0.366 e. The predicted octanol–water partition coefficient (Wildman–Crippen LogP) is 5.95. The van der Waals surface area contributed by atoms with Crippen LogP contribution < -0.4 is 15.6 Å². The first kappa shape index (κ1) is 26.6. The normalized spacial score (nSPS) is 15.4. The maximum Gasteiger partial charge on any atom is 0.262 e. The Hall–Kier alpha value is -4.28. The van der Waals surface area contributed by atoms with E-state index in [4.69, 9.17) is 11.6 Å². The second-order valence-corrected chi connectivity index (χ2v) is 12.0. The van der Waals surface area contributed by atoms with Crippen molar-refractivity contribution in [1.82, 2.24) is 14.5 Å². The van der Waals surface area contributed by atoms with Gasteiger partial charge in [0.1, 0.15) is 11.4 Å². The second kappa shape index (κ2) is 10.5. The molecule has 2 aromatic heterocycles. The molecule has 1 saturated carbocycles. The van der Waals surface area contributed by atoms with E-state index in [1.54, 1.807) is 41.4 Å². The maximum absolute atomic E-state index is 15.6. The lowest BCUT2D eigenvalue weighted by molar-refractivity contribution is 0.0746. The molecule has 3 aromatic carbocycles. The molecule has 11 heteroatoms. The molecule has 0 spiro atoms. The van der Waals surface area contributed by atoms with Gasteiger partial charge in [0.2, 0.25) is 5.43 Å². The van der Waals surface area contributed by atoms with Gasteiger partial charge in [-0.2, -0.15) is 0 Å². The van der Waals surface area contributed by atoms with Gasteiger partial charge in [-0.25, -0.2) is 9.37 Å². The van der Waals surface area contributed by atoms with Crippen molar-refractivity contribution in [2.24, 2.45) is 0 Å². The third-order valence-corrected chi connectivity index (χ3v) is 8.97. The van der Waals surface area contributed by atoms with Gasteiger partial charge in [-0.3, -0.25) is 19.7 Å². The van der Waals surface area contributed by atoms with Crippen molar-refractivity contribution < 1.29 is 14.0 Å². The molecule has 8 nitrogen and oxygen atoms in total. The Morgan fingerprint density at radius 2 is 1.79 bits per heavy atom. The van der Waals surface area contributed by atoms with Crippen LogP contribution in [0.15, 0.2) is 71.7 Å². The third-order valence-electron chi connectivity index (χ3n) is 7.78. The molecule has 5 aromatic rings. The van der Waals surface area contributed by atoms with Crippen LogP contribution in [-0.2, 0) is 0 Å².